The fourth-order valence-corrected chi connectivity index (χ4v) is 6.12. The molecular formula is C31H37N4O7-. The predicted molar refractivity (Wildman–Crippen MR) is 152 cm³/mol. The van der Waals surface area contributed by atoms with Gasteiger partial charge in [0.05, 0.1) is 30.7 Å². The quantitative estimate of drug-likeness (QED) is 0.362. The smallest absolute Gasteiger partial charge is 0.338 e. The Morgan fingerprint density at radius 1 is 0.976 bits per heavy atom. The second-order valence-electron chi connectivity index (χ2n) is 11.2. The van der Waals surface area contributed by atoms with Gasteiger partial charge in [-0.05, 0) is 56.4 Å². The van der Waals surface area contributed by atoms with E-state index in [2.05, 4.69) is 10.6 Å². The van der Waals surface area contributed by atoms with Crippen LogP contribution < -0.4 is 15.7 Å². The number of carbonyl (C=O) groups is 5. The van der Waals surface area contributed by atoms with Crippen molar-refractivity contribution in [1.29, 1.82) is 0 Å². The average Bonchev–Trinajstić information content (AvgIpc) is 3.24. The van der Waals surface area contributed by atoms with Gasteiger partial charge in [0.15, 0.2) is 5.54 Å². The minimum absolute atomic E-state index is 0.198. The molecule has 0 bridgehead atoms. The minimum atomic E-state index is -2.28. The molecule has 2 heterocycles. The van der Waals surface area contributed by atoms with E-state index < -0.39 is 53.3 Å². The molecule has 4 rings (SSSR count). The first-order chi connectivity index (χ1) is 20.0. The molecule has 2 aromatic carbocycles. The summed E-state index contributed by atoms with van der Waals surface area (Å²) in [5.74, 6) is -3.59. The summed E-state index contributed by atoms with van der Waals surface area (Å²) in [4.78, 5) is 68.7. The van der Waals surface area contributed by atoms with Gasteiger partial charge in [-0.15, -0.1) is 0 Å². The van der Waals surface area contributed by atoms with Crippen molar-refractivity contribution in [2.45, 2.75) is 58.0 Å². The van der Waals surface area contributed by atoms with Crippen LogP contribution in [0.25, 0.3) is 0 Å². The third-order valence-electron chi connectivity index (χ3n) is 8.09. The van der Waals surface area contributed by atoms with Crippen LogP contribution in [0.2, 0.25) is 0 Å². The van der Waals surface area contributed by atoms with Gasteiger partial charge in [0.25, 0.3) is 5.91 Å². The fraction of sp³-hybridized carbons (Fsp3) is 0.452. The monoisotopic (exact) mass is 577 g/mol. The molecule has 4 amide bonds. The van der Waals surface area contributed by atoms with Crippen LogP contribution in [-0.2, 0) is 19.1 Å². The number of benzene rings is 2. The number of carboxylic acid groups (broad SMARTS) is 1. The number of hydrogen-bond donors (Lipinski definition) is 2. The van der Waals surface area contributed by atoms with Crippen LogP contribution in [0, 0.1) is 5.41 Å². The number of carbonyl (C=O) groups excluding carboxylic acids is 5. The van der Waals surface area contributed by atoms with Crippen molar-refractivity contribution >= 4 is 35.5 Å². The first-order valence-corrected chi connectivity index (χ1v) is 14.2. The second-order valence-corrected chi connectivity index (χ2v) is 11.2. The molecule has 2 aromatic rings. The molecular weight excluding hydrogens is 540 g/mol. The number of piperidine rings is 1. The summed E-state index contributed by atoms with van der Waals surface area (Å²) >= 11 is 0. The number of urea groups is 1. The average molecular weight is 578 g/mol. The van der Waals surface area contributed by atoms with Crippen molar-refractivity contribution in [3.05, 3.63) is 65.7 Å². The predicted octanol–water partition coefficient (Wildman–Crippen LogP) is 2.49. The van der Waals surface area contributed by atoms with Crippen molar-refractivity contribution in [2.24, 2.45) is 5.41 Å². The number of amides is 4. The Morgan fingerprint density at radius 2 is 1.67 bits per heavy atom. The van der Waals surface area contributed by atoms with Gasteiger partial charge in [-0.3, -0.25) is 9.59 Å². The second kappa shape index (κ2) is 12.6. The van der Waals surface area contributed by atoms with Gasteiger partial charge in [-0.25, -0.2) is 9.59 Å². The lowest BCUT2D eigenvalue weighted by molar-refractivity contribution is -0.320. The molecule has 11 heteroatoms. The normalized spacial score (nSPS) is 21.4. The molecule has 0 aromatic heterocycles. The maximum absolute atomic E-state index is 14.2. The van der Waals surface area contributed by atoms with Crippen LogP contribution in [0.4, 0.5) is 10.5 Å². The summed E-state index contributed by atoms with van der Waals surface area (Å²) in [6.07, 6.45) is 2.61. The van der Waals surface area contributed by atoms with E-state index in [4.69, 9.17) is 4.74 Å². The Bertz CT molecular complexity index is 1340. The van der Waals surface area contributed by atoms with Gasteiger partial charge < -0.3 is 35.1 Å². The number of aliphatic carboxylic acids is 1. The zero-order valence-corrected chi connectivity index (χ0v) is 24.2. The Labute approximate surface area is 245 Å². The van der Waals surface area contributed by atoms with E-state index in [1.807, 2.05) is 6.07 Å². The van der Waals surface area contributed by atoms with Gasteiger partial charge in [-0.1, -0.05) is 50.2 Å². The Hall–Kier alpha value is -4.41. The number of anilines is 1. The lowest BCUT2D eigenvalue weighted by atomic mass is 9.71. The molecule has 0 radical (unpaired) electrons. The van der Waals surface area contributed by atoms with Crippen molar-refractivity contribution in [3.63, 3.8) is 0 Å². The Balaban J connectivity index is 1.62. The van der Waals surface area contributed by atoms with Crippen LogP contribution in [0.5, 0.6) is 0 Å². The zero-order valence-electron chi connectivity index (χ0n) is 24.2. The molecule has 2 unspecified atom stereocenters. The maximum Gasteiger partial charge on any atom is 0.338 e. The molecule has 2 aliphatic rings. The van der Waals surface area contributed by atoms with E-state index >= 15 is 0 Å². The standard InChI is InChI=1S/C31H38N4O7/c1-4-42-26(37)22-14-11-15-23(18-22)33-29(41)32-20-25(36)35-24(21-12-7-5-8-13-21)19-30(2,3)31(35,28(39)40)27(38)34-16-9-6-10-17-34/h5,7-8,11-15,18,24H,4,6,9-10,16-17,19-20H2,1-3H3,(H,39,40)(H2,32,33,41)/p-1. The van der Waals surface area contributed by atoms with E-state index in [0.717, 1.165) is 24.2 Å². The van der Waals surface area contributed by atoms with Crippen molar-refractivity contribution in [3.8, 4) is 0 Å². The summed E-state index contributed by atoms with van der Waals surface area (Å²) in [6, 6.07) is 13.6. The number of nitrogens with zero attached hydrogens (tertiary/aromatic N) is 2. The molecule has 42 heavy (non-hydrogen) atoms. The molecule has 224 valence electrons. The third-order valence-corrected chi connectivity index (χ3v) is 8.09. The number of likely N-dealkylation sites (tertiary alicyclic amines) is 2. The minimum Gasteiger partial charge on any atom is -0.547 e. The lowest BCUT2D eigenvalue weighted by Crippen LogP contribution is -2.72. The molecule has 11 nitrogen and oxygen atoms in total. The summed E-state index contributed by atoms with van der Waals surface area (Å²) < 4.78 is 4.99. The Kier molecular flexibility index (Phi) is 9.18. The number of rotatable bonds is 8. The molecule has 2 aliphatic heterocycles. The number of nitrogens with one attached hydrogen (secondary N) is 2. The van der Waals surface area contributed by atoms with Gasteiger partial charge in [0.1, 0.15) is 0 Å². The Morgan fingerprint density at radius 3 is 2.31 bits per heavy atom. The lowest BCUT2D eigenvalue weighted by Gasteiger charge is -2.49. The van der Waals surface area contributed by atoms with Crippen LogP contribution in [-0.4, -0.2) is 71.4 Å². The number of esters is 1. The number of carboxylic acids is 1. The SMILES string of the molecule is CCOC(=O)c1cccc(NC(=O)NCC(=O)N2C(c3ccccc3)CC(C)(C)C2(C(=O)[O-])C(=O)N2CCCCC2)c1. The molecule has 2 atom stereocenters. The fourth-order valence-electron chi connectivity index (χ4n) is 6.12. The van der Waals surface area contributed by atoms with Gasteiger partial charge in [0.2, 0.25) is 5.91 Å². The summed E-state index contributed by atoms with van der Waals surface area (Å²) in [7, 11) is 0. The first-order valence-electron chi connectivity index (χ1n) is 14.2. The first kappa shape index (κ1) is 30.5. The summed E-state index contributed by atoms with van der Waals surface area (Å²) in [6.45, 7) is 5.44. The molecule has 0 spiro atoms. The van der Waals surface area contributed by atoms with Crippen LogP contribution in [0.3, 0.4) is 0 Å². The van der Waals surface area contributed by atoms with Gasteiger partial charge in [-0.2, -0.15) is 0 Å². The zero-order chi connectivity index (χ0) is 30.5. The summed E-state index contributed by atoms with van der Waals surface area (Å²) in [5.41, 5.74) is -2.26. The van der Waals surface area contributed by atoms with E-state index in [0.29, 0.717) is 24.3 Å². The van der Waals surface area contributed by atoms with Crippen molar-refractivity contribution < 1.29 is 33.8 Å². The molecule has 0 aliphatic carbocycles. The van der Waals surface area contributed by atoms with E-state index in [-0.39, 0.29) is 18.6 Å². The van der Waals surface area contributed by atoms with E-state index in [1.165, 1.54) is 11.0 Å². The molecule has 2 fully saturated rings. The number of ether oxygens (including phenoxy) is 1. The van der Waals surface area contributed by atoms with Crippen molar-refractivity contribution in [1.82, 2.24) is 15.1 Å². The number of hydrogen-bond acceptors (Lipinski definition) is 7. The molecule has 2 N–H and O–H groups in total. The summed E-state index contributed by atoms with van der Waals surface area (Å²) in [5, 5.41) is 18.2. The van der Waals surface area contributed by atoms with E-state index in [1.54, 1.807) is 63.2 Å². The van der Waals surface area contributed by atoms with Gasteiger partial charge in [0, 0.05) is 24.2 Å². The third kappa shape index (κ3) is 5.81. The van der Waals surface area contributed by atoms with Crippen molar-refractivity contribution in [2.75, 3.05) is 31.6 Å². The maximum atomic E-state index is 14.2. The highest BCUT2D eigenvalue weighted by Crippen LogP contribution is 2.55. The highest BCUT2D eigenvalue weighted by atomic mass is 16.5. The van der Waals surface area contributed by atoms with Gasteiger partial charge >= 0.3 is 12.0 Å². The van der Waals surface area contributed by atoms with E-state index in [9.17, 15) is 29.1 Å². The highest BCUT2D eigenvalue weighted by Gasteiger charge is 2.66. The topological polar surface area (TPSA) is 148 Å². The molecule has 0 saturated carbocycles. The van der Waals surface area contributed by atoms with Crippen LogP contribution in [0.15, 0.2) is 54.6 Å². The van der Waals surface area contributed by atoms with Crippen LogP contribution in [0.1, 0.15) is 68.4 Å². The van der Waals surface area contributed by atoms with Crippen LogP contribution >= 0.6 is 0 Å². The highest BCUT2D eigenvalue weighted by molar-refractivity contribution is 6.11. The molecule has 2 saturated heterocycles. The largest absolute Gasteiger partial charge is 0.547 e.